The Kier molecular flexibility index (Phi) is 3.52. The second kappa shape index (κ2) is 5.08. The Morgan fingerprint density at radius 3 is 2.35 bits per heavy atom. The second-order valence-electron chi connectivity index (χ2n) is 4.41. The van der Waals surface area contributed by atoms with E-state index in [1.54, 1.807) is 12.1 Å². The zero-order valence-corrected chi connectivity index (χ0v) is 9.72. The lowest BCUT2D eigenvalue weighted by molar-refractivity contribution is 0.0694. The van der Waals surface area contributed by atoms with Crippen LogP contribution < -0.4 is 4.90 Å². The molecule has 0 spiro atoms. The number of anilines is 1. The number of phenols is 1. The smallest absolute Gasteiger partial charge is 0.339 e. The quantitative estimate of drug-likeness (QED) is 0.826. The minimum atomic E-state index is -1.08. The zero-order chi connectivity index (χ0) is 12.3. The van der Waals surface area contributed by atoms with Crippen LogP contribution in [0.5, 0.6) is 5.75 Å². The predicted molar refractivity (Wildman–Crippen MR) is 65.7 cm³/mol. The third kappa shape index (κ3) is 2.70. The van der Waals surface area contributed by atoms with Crippen molar-refractivity contribution in [2.24, 2.45) is 0 Å². The van der Waals surface area contributed by atoms with E-state index in [2.05, 4.69) is 4.90 Å². The maximum Gasteiger partial charge on any atom is 0.339 e. The van der Waals surface area contributed by atoms with Gasteiger partial charge in [0.2, 0.25) is 0 Å². The van der Waals surface area contributed by atoms with E-state index in [0.717, 1.165) is 31.6 Å². The number of carbonyl (C=O) groups is 1. The van der Waals surface area contributed by atoms with Crippen LogP contribution in [0, 0.1) is 0 Å². The van der Waals surface area contributed by atoms with Crippen molar-refractivity contribution in [3.8, 4) is 5.75 Å². The Labute approximate surface area is 100 Å². The first-order valence-corrected chi connectivity index (χ1v) is 6.00. The van der Waals surface area contributed by atoms with Crippen LogP contribution in [0.4, 0.5) is 5.69 Å². The highest BCUT2D eigenvalue weighted by atomic mass is 16.4. The molecule has 1 aliphatic heterocycles. The number of benzene rings is 1. The molecule has 0 aromatic heterocycles. The number of carboxylic acid groups (broad SMARTS) is 1. The third-order valence-electron chi connectivity index (χ3n) is 3.18. The summed E-state index contributed by atoms with van der Waals surface area (Å²) in [5, 5.41) is 18.4. The molecule has 4 heteroatoms. The van der Waals surface area contributed by atoms with Crippen molar-refractivity contribution in [2.75, 3.05) is 18.0 Å². The molecule has 17 heavy (non-hydrogen) atoms. The summed E-state index contributed by atoms with van der Waals surface area (Å²) in [7, 11) is 0. The fourth-order valence-corrected chi connectivity index (χ4v) is 2.22. The number of aromatic carboxylic acids is 1. The maximum absolute atomic E-state index is 10.9. The number of aromatic hydroxyl groups is 1. The van der Waals surface area contributed by atoms with Gasteiger partial charge in [-0.25, -0.2) is 4.79 Å². The molecule has 1 aromatic rings. The van der Waals surface area contributed by atoms with Gasteiger partial charge in [-0.2, -0.15) is 0 Å². The molecule has 0 amide bonds. The Hall–Kier alpha value is -1.71. The number of carboxylic acids is 1. The standard InChI is InChI=1S/C13H17NO3/c15-12-6-5-10(9-11(12)13(16)17)14-7-3-1-2-4-8-14/h5-6,9,15H,1-4,7-8H2,(H,16,17). The van der Waals surface area contributed by atoms with Crippen molar-refractivity contribution < 1.29 is 15.0 Å². The first kappa shape index (κ1) is 11.8. The van der Waals surface area contributed by atoms with E-state index in [4.69, 9.17) is 5.11 Å². The van der Waals surface area contributed by atoms with E-state index in [1.165, 1.54) is 18.9 Å². The van der Waals surface area contributed by atoms with E-state index in [0.29, 0.717) is 0 Å². The summed E-state index contributed by atoms with van der Waals surface area (Å²) in [6, 6.07) is 4.81. The van der Waals surface area contributed by atoms with Gasteiger partial charge in [0, 0.05) is 18.8 Å². The van der Waals surface area contributed by atoms with Crippen molar-refractivity contribution in [3.05, 3.63) is 23.8 Å². The molecule has 0 unspecified atom stereocenters. The second-order valence-corrected chi connectivity index (χ2v) is 4.41. The van der Waals surface area contributed by atoms with E-state index in [-0.39, 0.29) is 11.3 Å². The number of nitrogens with zero attached hydrogens (tertiary/aromatic N) is 1. The topological polar surface area (TPSA) is 60.8 Å². The Morgan fingerprint density at radius 1 is 1.12 bits per heavy atom. The van der Waals surface area contributed by atoms with Gasteiger partial charge in [-0.15, -0.1) is 0 Å². The molecule has 2 rings (SSSR count). The van der Waals surface area contributed by atoms with Gasteiger partial charge in [-0.05, 0) is 31.0 Å². The van der Waals surface area contributed by atoms with Crippen molar-refractivity contribution in [1.82, 2.24) is 0 Å². The largest absolute Gasteiger partial charge is 0.507 e. The van der Waals surface area contributed by atoms with Crippen LogP contribution in [0.3, 0.4) is 0 Å². The predicted octanol–water partition coefficient (Wildman–Crippen LogP) is 2.47. The van der Waals surface area contributed by atoms with Gasteiger partial charge in [0.1, 0.15) is 11.3 Å². The molecule has 0 aliphatic carbocycles. The molecule has 0 atom stereocenters. The number of hydrogen-bond donors (Lipinski definition) is 2. The van der Waals surface area contributed by atoms with Crippen LogP contribution in [0.15, 0.2) is 18.2 Å². The Morgan fingerprint density at radius 2 is 1.76 bits per heavy atom. The summed E-state index contributed by atoms with van der Waals surface area (Å²) in [5.41, 5.74) is 0.869. The fourth-order valence-electron chi connectivity index (χ4n) is 2.22. The first-order chi connectivity index (χ1) is 8.18. The molecule has 1 fully saturated rings. The average molecular weight is 235 g/mol. The van der Waals surface area contributed by atoms with Gasteiger partial charge in [0.05, 0.1) is 0 Å². The van der Waals surface area contributed by atoms with Crippen LogP contribution in [0.25, 0.3) is 0 Å². The van der Waals surface area contributed by atoms with Crippen LogP contribution >= 0.6 is 0 Å². The molecule has 0 radical (unpaired) electrons. The molecule has 92 valence electrons. The molecular weight excluding hydrogens is 218 g/mol. The molecule has 1 saturated heterocycles. The number of hydrogen-bond acceptors (Lipinski definition) is 3. The van der Waals surface area contributed by atoms with Crippen molar-refractivity contribution in [3.63, 3.8) is 0 Å². The van der Waals surface area contributed by atoms with Gasteiger partial charge >= 0.3 is 5.97 Å². The molecular formula is C13H17NO3. The van der Waals surface area contributed by atoms with E-state index >= 15 is 0 Å². The normalized spacial score (nSPS) is 16.6. The van der Waals surface area contributed by atoms with Crippen LogP contribution in [-0.4, -0.2) is 29.3 Å². The monoisotopic (exact) mass is 235 g/mol. The number of rotatable bonds is 2. The SMILES string of the molecule is O=C(O)c1cc(N2CCCCCC2)ccc1O. The Balaban J connectivity index is 2.25. The molecule has 0 bridgehead atoms. The van der Waals surface area contributed by atoms with E-state index in [9.17, 15) is 9.90 Å². The summed E-state index contributed by atoms with van der Waals surface area (Å²) >= 11 is 0. The summed E-state index contributed by atoms with van der Waals surface area (Å²) < 4.78 is 0. The van der Waals surface area contributed by atoms with Gasteiger partial charge in [0.15, 0.2) is 0 Å². The summed E-state index contributed by atoms with van der Waals surface area (Å²) in [6.45, 7) is 1.92. The minimum absolute atomic E-state index is 0.0215. The van der Waals surface area contributed by atoms with E-state index in [1.807, 2.05) is 0 Å². The molecule has 1 aromatic carbocycles. The van der Waals surface area contributed by atoms with Crippen LogP contribution in [-0.2, 0) is 0 Å². The van der Waals surface area contributed by atoms with Crippen LogP contribution in [0.1, 0.15) is 36.0 Å². The van der Waals surface area contributed by atoms with Crippen molar-refractivity contribution in [2.45, 2.75) is 25.7 Å². The lowest BCUT2D eigenvalue weighted by Gasteiger charge is -2.23. The van der Waals surface area contributed by atoms with Gasteiger partial charge in [-0.1, -0.05) is 12.8 Å². The highest BCUT2D eigenvalue weighted by molar-refractivity contribution is 5.92. The average Bonchev–Trinajstić information content (AvgIpc) is 2.58. The minimum Gasteiger partial charge on any atom is -0.507 e. The molecule has 2 N–H and O–H groups in total. The molecule has 4 nitrogen and oxygen atoms in total. The summed E-state index contributed by atoms with van der Waals surface area (Å²) in [5.74, 6) is -1.25. The summed E-state index contributed by atoms with van der Waals surface area (Å²) in [4.78, 5) is 13.1. The molecule has 0 saturated carbocycles. The first-order valence-electron chi connectivity index (χ1n) is 6.00. The third-order valence-corrected chi connectivity index (χ3v) is 3.18. The maximum atomic E-state index is 10.9. The Bertz CT molecular complexity index is 409. The lowest BCUT2D eigenvalue weighted by Crippen LogP contribution is -2.24. The zero-order valence-electron chi connectivity index (χ0n) is 9.72. The highest BCUT2D eigenvalue weighted by Crippen LogP contribution is 2.26. The van der Waals surface area contributed by atoms with Gasteiger partial charge in [-0.3, -0.25) is 0 Å². The summed E-state index contributed by atoms with van der Waals surface area (Å²) in [6.07, 6.45) is 4.76. The molecule has 1 aliphatic rings. The van der Waals surface area contributed by atoms with Crippen molar-refractivity contribution >= 4 is 11.7 Å². The molecule has 1 heterocycles. The fraction of sp³-hybridized carbons (Fsp3) is 0.462. The van der Waals surface area contributed by atoms with Crippen LogP contribution in [0.2, 0.25) is 0 Å². The van der Waals surface area contributed by atoms with E-state index < -0.39 is 5.97 Å². The van der Waals surface area contributed by atoms with Gasteiger partial charge in [0.25, 0.3) is 0 Å². The highest BCUT2D eigenvalue weighted by Gasteiger charge is 2.14. The lowest BCUT2D eigenvalue weighted by atomic mass is 10.1. The van der Waals surface area contributed by atoms with Gasteiger partial charge < -0.3 is 15.1 Å². The van der Waals surface area contributed by atoms with Crippen molar-refractivity contribution in [1.29, 1.82) is 0 Å².